The van der Waals surface area contributed by atoms with Crippen molar-refractivity contribution in [2.24, 2.45) is 0 Å². The first-order chi connectivity index (χ1) is 17.2. The zero-order valence-electron chi connectivity index (χ0n) is 18.9. The highest BCUT2D eigenvalue weighted by Gasteiger charge is 2.18. The van der Waals surface area contributed by atoms with Crippen molar-refractivity contribution in [1.82, 2.24) is 10.2 Å². The van der Waals surface area contributed by atoms with Crippen molar-refractivity contribution in [2.75, 3.05) is 30.1 Å². The van der Waals surface area contributed by atoms with Crippen LogP contribution in [-0.2, 0) is 11.4 Å². The molecule has 10 heteroatoms. The van der Waals surface area contributed by atoms with Crippen LogP contribution >= 0.6 is 11.3 Å². The molecular weight excluding hydrogens is 466 g/mol. The van der Waals surface area contributed by atoms with Crippen LogP contribution in [0.3, 0.4) is 0 Å². The Morgan fingerprint density at radius 2 is 1.91 bits per heavy atom. The number of ether oxygens (including phenoxy) is 3. The minimum atomic E-state index is -0.517. The van der Waals surface area contributed by atoms with Crippen LogP contribution in [0.5, 0.6) is 17.2 Å². The van der Waals surface area contributed by atoms with Crippen LogP contribution in [0.25, 0.3) is 6.08 Å². The van der Waals surface area contributed by atoms with Gasteiger partial charge in [0.15, 0.2) is 11.5 Å². The van der Waals surface area contributed by atoms with Crippen LogP contribution in [0.1, 0.15) is 30.4 Å². The number of hydrogen-bond acceptors (Lipinski definition) is 9. The molecule has 178 valence electrons. The number of nitrogens with zero attached hydrogens (tertiary/aromatic N) is 4. The van der Waals surface area contributed by atoms with Gasteiger partial charge in [-0.3, -0.25) is 10.1 Å². The van der Waals surface area contributed by atoms with E-state index in [1.54, 1.807) is 24.3 Å². The van der Waals surface area contributed by atoms with E-state index >= 15 is 0 Å². The Balaban J connectivity index is 1.18. The minimum absolute atomic E-state index is 0.0197. The summed E-state index contributed by atoms with van der Waals surface area (Å²) in [6.07, 6.45) is 5.02. The lowest BCUT2D eigenvalue weighted by Crippen LogP contribution is -2.29. The highest BCUT2D eigenvalue weighted by atomic mass is 32.1. The summed E-state index contributed by atoms with van der Waals surface area (Å²) >= 11 is 1.32. The SMILES string of the molecule is N#C/C(=C/c1ccc(OCc2ccc3c(c2)OCO3)cc1)C(=O)Nc1nnc(N2CCCCC2)s1. The van der Waals surface area contributed by atoms with E-state index in [2.05, 4.69) is 20.4 Å². The number of aromatic nitrogens is 2. The van der Waals surface area contributed by atoms with Crippen molar-refractivity contribution in [3.63, 3.8) is 0 Å². The number of rotatable bonds is 7. The highest BCUT2D eigenvalue weighted by molar-refractivity contribution is 7.19. The second-order valence-corrected chi connectivity index (χ2v) is 9.06. The van der Waals surface area contributed by atoms with Gasteiger partial charge in [-0.15, -0.1) is 10.2 Å². The number of hydrogen-bond donors (Lipinski definition) is 1. The molecule has 9 nitrogen and oxygen atoms in total. The van der Waals surface area contributed by atoms with Crippen LogP contribution in [0.2, 0.25) is 0 Å². The number of piperidine rings is 1. The summed E-state index contributed by atoms with van der Waals surface area (Å²) in [5.41, 5.74) is 1.65. The first-order valence-corrected chi connectivity index (χ1v) is 12.1. The number of benzene rings is 2. The van der Waals surface area contributed by atoms with E-state index in [0.29, 0.717) is 28.8 Å². The average Bonchev–Trinajstić information content (AvgIpc) is 3.56. The maximum absolute atomic E-state index is 12.6. The molecule has 0 unspecified atom stereocenters. The molecule has 1 amide bonds. The Morgan fingerprint density at radius 3 is 2.71 bits per heavy atom. The molecule has 35 heavy (non-hydrogen) atoms. The molecule has 3 heterocycles. The van der Waals surface area contributed by atoms with E-state index in [9.17, 15) is 10.1 Å². The molecule has 2 aromatic carbocycles. The molecule has 3 aromatic rings. The molecule has 2 aliphatic heterocycles. The van der Waals surface area contributed by atoms with E-state index in [0.717, 1.165) is 42.4 Å². The average molecular weight is 490 g/mol. The van der Waals surface area contributed by atoms with Gasteiger partial charge in [-0.1, -0.05) is 29.5 Å². The number of amides is 1. The smallest absolute Gasteiger partial charge is 0.268 e. The lowest BCUT2D eigenvalue weighted by atomic mass is 10.1. The first kappa shape index (κ1) is 22.7. The van der Waals surface area contributed by atoms with Crippen molar-refractivity contribution < 1.29 is 19.0 Å². The molecule has 1 N–H and O–H groups in total. The Kier molecular flexibility index (Phi) is 6.77. The van der Waals surface area contributed by atoms with Gasteiger partial charge in [0.2, 0.25) is 17.1 Å². The van der Waals surface area contributed by atoms with E-state index in [4.69, 9.17) is 14.2 Å². The third-order valence-corrected chi connectivity index (χ3v) is 6.56. The zero-order chi connectivity index (χ0) is 24.0. The molecule has 2 aliphatic rings. The maximum atomic E-state index is 12.6. The molecule has 0 radical (unpaired) electrons. The van der Waals surface area contributed by atoms with Gasteiger partial charge in [0, 0.05) is 13.1 Å². The van der Waals surface area contributed by atoms with Crippen LogP contribution in [0.15, 0.2) is 48.0 Å². The summed E-state index contributed by atoms with van der Waals surface area (Å²) in [6, 6.07) is 14.8. The van der Waals surface area contributed by atoms with E-state index in [1.165, 1.54) is 23.8 Å². The number of anilines is 2. The Hall–Kier alpha value is -4.10. The predicted octanol–water partition coefficient (Wildman–Crippen LogP) is 4.38. The molecule has 0 spiro atoms. The largest absolute Gasteiger partial charge is 0.489 e. The molecule has 5 rings (SSSR count). The molecule has 0 atom stereocenters. The molecule has 0 aliphatic carbocycles. The summed E-state index contributed by atoms with van der Waals surface area (Å²) in [4.78, 5) is 14.8. The van der Waals surface area contributed by atoms with Gasteiger partial charge in [0.25, 0.3) is 5.91 Å². The molecule has 1 fully saturated rings. The minimum Gasteiger partial charge on any atom is -0.489 e. The normalized spacial score (nSPS) is 14.9. The lowest BCUT2D eigenvalue weighted by Gasteiger charge is -2.25. The van der Waals surface area contributed by atoms with Crippen molar-refractivity contribution in [3.05, 3.63) is 59.2 Å². The van der Waals surface area contributed by atoms with Gasteiger partial charge in [-0.05, 0) is 60.7 Å². The molecule has 0 saturated carbocycles. The van der Waals surface area contributed by atoms with Crippen LogP contribution in [-0.4, -0.2) is 36.0 Å². The van der Waals surface area contributed by atoms with Crippen molar-refractivity contribution in [3.8, 4) is 23.3 Å². The predicted molar refractivity (Wildman–Crippen MR) is 132 cm³/mol. The standard InChI is InChI=1S/C25H23N5O4S/c26-14-19(23(31)27-24-28-29-25(35-24)30-10-2-1-3-11-30)12-17-4-7-20(8-5-17)32-15-18-6-9-21-22(13-18)34-16-33-21/h4-9,12-13H,1-3,10-11,15-16H2,(H,27,28,31)/b19-12-. The number of carbonyl (C=O) groups is 1. The third-order valence-electron chi connectivity index (χ3n) is 5.66. The fourth-order valence-electron chi connectivity index (χ4n) is 3.82. The lowest BCUT2D eigenvalue weighted by molar-refractivity contribution is -0.112. The second kappa shape index (κ2) is 10.4. The molecule has 1 aromatic heterocycles. The topological polar surface area (TPSA) is 110 Å². The summed E-state index contributed by atoms with van der Waals surface area (Å²) < 4.78 is 16.5. The number of nitriles is 1. The van der Waals surface area contributed by atoms with Gasteiger partial charge in [0.1, 0.15) is 24.0 Å². The van der Waals surface area contributed by atoms with E-state index in [-0.39, 0.29) is 12.4 Å². The van der Waals surface area contributed by atoms with Crippen LogP contribution in [0.4, 0.5) is 10.3 Å². The number of fused-ring (bicyclic) bond motifs is 1. The Labute approximate surface area is 206 Å². The van der Waals surface area contributed by atoms with Crippen molar-refractivity contribution in [1.29, 1.82) is 5.26 Å². The maximum Gasteiger partial charge on any atom is 0.268 e. The fraction of sp³-hybridized carbons (Fsp3) is 0.280. The summed E-state index contributed by atoms with van der Waals surface area (Å²) in [6.45, 7) is 2.50. The highest BCUT2D eigenvalue weighted by Crippen LogP contribution is 2.33. The third kappa shape index (κ3) is 5.53. The summed E-state index contributed by atoms with van der Waals surface area (Å²) in [5, 5.41) is 21.6. The zero-order valence-corrected chi connectivity index (χ0v) is 19.7. The van der Waals surface area contributed by atoms with Crippen molar-refractivity contribution >= 4 is 33.6 Å². The summed E-state index contributed by atoms with van der Waals surface area (Å²) in [5.74, 6) is 1.60. The molecular formula is C25H23N5O4S. The summed E-state index contributed by atoms with van der Waals surface area (Å²) in [7, 11) is 0. The van der Waals surface area contributed by atoms with Gasteiger partial charge in [0.05, 0.1) is 0 Å². The van der Waals surface area contributed by atoms with Crippen LogP contribution in [0, 0.1) is 11.3 Å². The number of nitrogens with one attached hydrogen (secondary N) is 1. The van der Waals surface area contributed by atoms with Gasteiger partial charge in [-0.25, -0.2) is 0 Å². The van der Waals surface area contributed by atoms with E-state index in [1.807, 2.05) is 24.3 Å². The van der Waals surface area contributed by atoms with Gasteiger partial charge < -0.3 is 19.1 Å². The monoisotopic (exact) mass is 489 g/mol. The van der Waals surface area contributed by atoms with Gasteiger partial charge >= 0.3 is 0 Å². The number of carbonyl (C=O) groups excluding carboxylic acids is 1. The second-order valence-electron chi connectivity index (χ2n) is 8.11. The van der Waals surface area contributed by atoms with Crippen molar-refractivity contribution in [2.45, 2.75) is 25.9 Å². The first-order valence-electron chi connectivity index (χ1n) is 11.3. The van der Waals surface area contributed by atoms with Gasteiger partial charge in [-0.2, -0.15) is 5.26 Å². The molecule has 0 bridgehead atoms. The fourth-order valence-corrected chi connectivity index (χ4v) is 4.61. The van der Waals surface area contributed by atoms with E-state index < -0.39 is 5.91 Å². The molecule has 1 saturated heterocycles. The quantitative estimate of drug-likeness (QED) is 0.385. The Bertz CT molecular complexity index is 1280. The Morgan fingerprint density at radius 1 is 1.11 bits per heavy atom. The van der Waals surface area contributed by atoms with Crippen LogP contribution < -0.4 is 24.4 Å².